The first-order valence-electron chi connectivity index (χ1n) is 4.88. The molecular formula is C9H16N2O2. The number of carbonyl (C=O) groups is 1. The molecule has 2 bridgehead atoms. The summed E-state index contributed by atoms with van der Waals surface area (Å²) in [5.74, 6) is 0. The number of carbonyl (C=O) groups excluding carboxylic acids is 1. The van der Waals surface area contributed by atoms with Crippen LogP contribution in [0.15, 0.2) is 0 Å². The summed E-state index contributed by atoms with van der Waals surface area (Å²) in [4.78, 5) is 11.0. The standard InChI is InChI=1S/C9H16N2O2/c1-13-9(12)11-8-4-6-2-3-7(5-8)10-6/h6-8,10H,2-5H2,1H3,(H,11,12). The van der Waals surface area contributed by atoms with Crippen molar-refractivity contribution in [1.82, 2.24) is 10.6 Å². The first kappa shape index (κ1) is 8.81. The molecule has 2 fully saturated rings. The Bertz CT molecular complexity index is 196. The van der Waals surface area contributed by atoms with Gasteiger partial charge in [0.15, 0.2) is 0 Å². The zero-order valence-electron chi connectivity index (χ0n) is 7.88. The normalized spacial score (nSPS) is 37.2. The van der Waals surface area contributed by atoms with E-state index < -0.39 is 0 Å². The van der Waals surface area contributed by atoms with Gasteiger partial charge >= 0.3 is 6.09 Å². The Labute approximate surface area is 78.0 Å². The molecular weight excluding hydrogens is 168 g/mol. The van der Waals surface area contributed by atoms with Gasteiger partial charge in [0, 0.05) is 18.1 Å². The average molecular weight is 184 g/mol. The van der Waals surface area contributed by atoms with Gasteiger partial charge in [-0.1, -0.05) is 0 Å². The molecule has 1 amide bonds. The Morgan fingerprint density at radius 1 is 1.38 bits per heavy atom. The van der Waals surface area contributed by atoms with Gasteiger partial charge in [0.1, 0.15) is 0 Å². The second-order valence-electron chi connectivity index (χ2n) is 3.94. The SMILES string of the molecule is COC(=O)NC1CC2CCC(C1)N2. The highest BCUT2D eigenvalue weighted by Gasteiger charge is 2.33. The van der Waals surface area contributed by atoms with Crippen molar-refractivity contribution < 1.29 is 9.53 Å². The van der Waals surface area contributed by atoms with Crippen molar-refractivity contribution in [2.75, 3.05) is 7.11 Å². The number of rotatable bonds is 1. The summed E-state index contributed by atoms with van der Waals surface area (Å²) in [5.41, 5.74) is 0. The van der Waals surface area contributed by atoms with E-state index in [0.717, 1.165) is 12.8 Å². The van der Waals surface area contributed by atoms with Crippen LogP contribution in [0.3, 0.4) is 0 Å². The van der Waals surface area contributed by atoms with Gasteiger partial charge in [0.05, 0.1) is 7.11 Å². The van der Waals surface area contributed by atoms with Crippen LogP contribution < -0.4 is 10.6 Å². The van der Waals surface area contributed by atoms with E-state index in [2.05, 4.69) is 15.4 Å². The Balaban J connectivity index is 1.85. The van der Waals surface area contributed by atoms with Crippen LogP contribution in [-0.4, -0.2) is 31.3 Å². The minimum atomic E-state index is -0.300. The molecule has 2 aliphatic heterocycles. The molecule has 4 nitrogen and oxygen atoms in total. The van der Waals surface area contributed by atoms with Crippen molar-refractivity contribution in [1.29, 1.82) is 0 Å². The first-order chi connectivity index (χ1) is 6.28. The second-order valence-corrected chi connectivity index (χ2v) is 3.94. The largest absolute Gasteiger partial charge is 0.453 e. The summed E-state index contributed by atoms with van der Waals surface area (Å²) < 4.78 is 4.57. The van der Waals surface area contributed by atoms with E-state index in [1.807, 2.05) is 0 Å². The van der Waals surface area contributed by atoms with Crippen LogP contribution in [0.5, 0.6) is 0 Å². The number of alkyl carbamates (subject to hydrolysis) is 1. The molecule has 0 aliphatic carbocycles. The smallest absolute Gasteiger partial charge is 0.407 e. The predicted octanol–water partition coefficient (Wildman–Crippen LogP) is 0.625. The van der Waals surface area contributed by atoms with Crippen molar-refractivity contribution in [3.63, 3.8) is 0 Å². The highest BCUT2D eigenvalue weighted by molar-refractivity contribution is 5.67. The molecule has 2 heterocycles. The van der Waals surface area contributed by atoms with Crippen molar-refractivity contribution in [2.24, 2.45) is 0 Å². The van der Waals surface area contributed by atoms with Crippen LogP contribution in [0.1, 0.15) is 25.7 Å². The molecule has 0 spiro atoms. The fourth-order valence-electron chi connectivity index (χ4n) is 2.40. The lowest BCUT2D eigenvalue weighted by Crippen LogP contribution is -2.47. The summed E-state index contributed by atoms with van der Waals surface area (Å²) >= 11 is 0. The van der Waals surface area contributed by atoms with E-state index in [0.29, 0.717) is 18.1 Å². The number of methoxy groups -OCH3 is 1. The number of nitrogens with one attached hydrogen (secondary N) is 2. The third-order valence-electron chi connectivity index (χ3n) is 2.98. The molecule has 2 atom stereocenters. The molecule has 2 N–H and O–H groups in total. The van der Waals surface area contributed by atoms with Crippen LogP contribution in [0.25, 0.3) is 0 Å². The van der Waals surface area contributed by atoms with Gasteiger partial charge in [0.25, 0.3) is 0 Å². The summed E-state index contributed by atoms with van der Waals surface area (Å²) in [5, 5.41) is 6.39. The Hall–Kier alpha value is -0.770. The van der Waals surface area contributed by atoms with Gasteiger partial charge < -0.3 is 15.4 Å². The summed E-state index contributed by atoms with van der Waals surface area (Å²) in [7, 11) is 1.41. The number of fused-ring (bicyclic) bond motifs is 2. The maximum atomic E-state index is 11.0. The lowest BCUT2D eigenvalue weighted by atomic mass is 10.0. The van der Waals surface area contributed by atoms with E-state index in [9.17, 15) is 4.79 Å². The van der Waals surface area contributed by atoms with E-state index in [-0.39, 0.29) is 6.09 Å². The molecule has 0 aromatic heterocycles. The number of piperidine rings is 1. The molecule has 4 heteroatoms. The number of ether oxygens (including phenoxy) is 1. The molecule has 0 aromatic rings. The lowest BCUT2D eigenvalue weighted by Gasteiger charge is -2.29. The zero-order valence-corrected chi connectivity index (χ0v) is 7.88. The van der Waals surface area contributed by atoms with Crippen molar-refractivity contribution in [2.45, 2.75) is 43.8 Å². The second kappa shape index (κ2) is 3.54. The third-order valence-corrected chi connectivity index (χ3v) is 2.98. The Kier molecular flexibility index (Phi) is 2.40. The summed E-state index contributed by atoms with van der Waals surface area (Å²) in [6.45, 7) is 0. The summed E-state index contributed by atoms with van der Waals surface area (Å²) in [6.07, 6.45) is 4.30. The monoisotopic (exact) mass is 184 g/mol. The average Bonchev–Trinajstić information content (AvgIpc) is 2.46. The molecule has 13 heavy (non-hydrogen) atoms. The van der Waals surface area contributed by atoms with Crippen LogP contribution in [0.2, 0.25) is 0 Å². The number of amides is 1. The first-order valence-corrected chi connectivity index (χ1v) is 4.88. The highest BCUT2D eigenvalue weighted by atomic mass is 16.5. The fourth-order valence-corrected chi connectivity index (χ4v) is 2.40. The topological polar surface area (TPSA) is 50.4 Å². The summed E-state index contributed by atoms with van der Waals surface area (Å²) in [6, 6.07) is 1.54. The van der Waals surface area contributed by atoms with Gasteiger partial charge in [-0.3, -0.25) is 0 Å². The molecule has 74 valence electrons. The van der Waals surface area contributed by atoms with Gasteiger partial charge in [-0.15, -0.1) is 0 Å². The molecule has 0 saturated carbocycles. The number of hydrogen-bond acceptors (Lipinski definition) is 3. The molecule has 0 radical (unpaired) electrons. The zero-order chi connectivity index (χ0) is 9.26. The van der Waals surface area contributed by atoms with Crippen LogP contribution >= 0.6 is 0 Å². The van der Waals surface area contributed by atoms with Gasteiger partial charge in [0.2, 0.25) is 0 Å². The molecule has 0 aromatic carbocycles. The Morgan fingerprint density at radius 2 is 2.00 bits per heavy atom. The molecule has 2 saturated heterocycles. The van der Waals surface area contributed by atoms with Crippen LogP contribution in [-0.2, 0) is 4.74 Å². The minimum absolute atomic E-state index is 0.300. The van der Waals surface area contributed by atoms with E-state index in [1.54, 1.807) is 0 Å². The fraction of sp³-hybridized carbons (Fsp3) is 0.889. The van der Waals surface area contributed by atoms with Crippen LogP contribution in [0.4, 0.5) is 4.79 Å². The van der Waals surface area contributed by atoms with Crippen molar-refractivity contribution in [3.8, 4) is 0 Å². The van der Waals surface area contributed by atoms with E-state index in [4.69, 9.17) is 0 Å². The van der Waals surface area contributed by atoms with Crippen molar-refractivity contribution >= 4 is 6.09 Å². The van der Waals surface area contributed by atoms with Crippen LogP contribution in [0, 0.1) is 0 Å². The van der Waals surface area contributed by atoms with Gasteiger partial charge in [-0.2, -0.15) is 0 Å². The van der Waals surface area contributed by atoms with Gasteiger partial charge in [-0.05, 0) is 25.7 Å². The maximum Gasteiger partial charge on any atom is 0.407 e. The van der Waals surface area contributed by atoms with Crippen molar-refractivity contribution in [3.05, 3.63) is 0 Å². The lowest BCUT2D eigenvalue weighted by molar-refractivity contribution is 0.161. The van der Waals surface area contributed by atoms with E-state index in [1.165, 1.54) is 20.0 Å². The third kappa shape index (κ3) is 1.94. The molecule has 2 aliphatic rings. The predicted molar refractivity (Wildman–Crippen MR) is 48.5 cm³/mol. The van der Waals surface area contributed by atoms with Gasteiger partial charge in [-0.25, -0.2) is 4.79 Å². The Morgan fingerprint density at radius 3 is 2.54 bits per heavy atom. The molecule has 2 unspecified atom stereocenters. The number of hydrogen-bond donors (Lipinski definition) is 2. The van der Waals surface area contributed by atoms with E-state index >= 15 is 0 Å². The quantitative estimate of drug-likeness (QED) is 0.628. The molecule has 2 rings (SSSR count). The minimum Gasteiger partial charge on any atom is -0.453 e. The maximum absolute atomic E-state index is 11.0. The highest BCUT2D eigenvalue weighted by Crippen LogP contribution is 2.26.